The minimum Gasteiger partial charge on any atom is -0.337 e. The lowest BCUT2D eigenvalue weighted by Gasteiger charge is -2.34. The Kier molecular flexibility index (Phi) is 4.38. The topological polar surface area (TPSA) is 77.0 Å². The van der Waals surface area contributed by atoms with Gasteiger partial charge in [0.15, 0.2) is 5.69 Å². The molecule has 1 fully saturated rings. The molecule has 7 heteroatoms. The van der Waals surface area contributed by atoms with E-state index < -0.39 is 0 Å². The fourth-order valence-electron chi connectivity index (χ4n) is 2.85. The Balaban J connectivity index is 1.74. The fraction of sp³-hybridized carbons (Fsp3) is 0.438. The monoisotopic (exact) mass is 317 g/mol. The molecule has 2 atom stereocenters. The van der Waals surface area contributed by atoms with Crippen LogP contribution >= 0.6 is 0 Å². The molecule has 0 spiro atoms. The van der Waals surface area contributed by atoms with Gasteiger partial charge in [-0.05, 0) is 49.9 Å². The molecule has 2 aromatic rings. The van der Waals surface area contributed by atoms with Crippen LogP contribution in [-0.4, -0.2) is 44.9 Å². The summed E-state index contributed by atoms with van der Waals surface area (Å²) in [7, 11) is 0. The molecule has 0 saturated carbocycles. The Morgan fingerprint density at radius 2 is 2.13 bits per heavy atom. The molecule has 1 amide bonds. The van der Waals surface area contributed by atoms with Crippen molar-refractivity contribution in [1.29, 1.82) is 0 Å². The van der Waals surface area contributed by atoms with E-state index in [1.807, 2.05) is 6.92 Å². The van der Waals surface area contributed by atoms with Crippen LogP contribution in [0.25, 0.3) is 5.69 Å². The number of piperidine rings is 1. The SMILES string of the molecule is CC(N)C1CCCN(C(=O)c2cnn(-c3ccc(F)cc3)n2)C1. The first-order chi connectivity index (χ1) is 11.0. The molecular weight excluding hydrogens is 297 g/mol. The van der Waals surface area contributed by atoms with Crippen LogP contribution in [0, 0.1) is 11.7 Å². The highest BCUT2D eigenvalue weighted by atomic mass is 19.1. The van der Waals surface area contributed by atoms with Gasteiger partial charge in [-0.1, -0.05) is 0 Å². The number of carbonyl (C=O) groups is 1. The van der Waals surface area contributed by atoms with Crippen molar-refractivity contribution in [3.05, 3.63) is 42.0 Å². The van der Waals surface area contributed by atoms with Crippen LogP contribution < -0.4 is 5.73 Å². The maximum Gasteiger partial charge on any atom is 0.276 e. The van der Waals surface area contributed by atoms with Gasteiger partial charge in [-0.3, -0.25) is 4.79 Å². The molecular formula is C16H20FN5O. The zero-order chi connectivity index (χ0) is 16.4. The molecule has 0 bridgehead atoms. The average Bonchev–Trinajstić information content (AvgIpc) is 3.05. The van der Waals surface area contributed by atoms with E-state index in [4.69, 9.17) is 5.73 Å². The first kappa shape index (κ1) is 15.6. The van der Waals surface area contributed by atoms with Gasteiger partial charge in [0, 0.05) is 19.1 Å². The number of likely N-dealkylation sites (tertiary alicyclic amines) is 1. The van der Waals surface area contributed by atoms with Crippen molar-refractivity contribution in [1.82, 2.24) is 19.9 Å². The quantitative estimate of drug-likeness (QED) is 0.933. The Morgan fingerprint density at radius 1 is 1.39 bits per heavy atom. The third kappa shape index (κ3) is 3.39. The molecule has 1 saturated heterocycles. The fourth-order valence-corrected chi connectivity index (χ4v) is 2.85. The normalized spacial score (nSPS) is 19.6. The highest BCUT2D eigenvalue weighted by molar-refractivity contribution is 5.92. The number of nitrogens with two attached hydrogens (primary N) is 1. The van der Waals surface area contributed by atoms with Gasteiger partial charge >= 0.3 is 0 Å². The smallest absolute Gasteiger partial charge is 0.276 e. The van der Waals surface area contributed by atoms with E-state index in [0.29, 0.717) is 30.4 Å². The Morgan fingerprint density at radius 3 is 2.83 bits per heavy atom. The summed E-state index contributed by atoms with van der Waals surface area (Å²) in [5.74, 6) is -0.143. The van der Waals surface area contributed by atoms with Crippen LogP contribution in [0.4, 0.5) is 4.39 Å². The Hall–Kier alpha value is -2.28. The van der Waals surface area contributed by atoms with Crippen LogP contribution in [0.3, 0.4) is 0 Å². The van der Waals surface area contributed by atoms with Crippen LogP contribution in [0.5, 0.6) is 0 Å². The zero-order valence-electron chi connectivity index (χ0n) is 13.0. The van der Waals surface area contributed by atoms with Crippen LogP contribution in [-0.2, 0) is 0 Å². The summed E-state index contributed by atoms with van der Waals surface area (Å²) in [6, 6.07) is 5.86. The summed E-state index contributed by atoms with van der Waals surface area (Å²) in [5.41, 5.74) is 6.86. The molecule has 3 rings (SSSR count). The van der Waals surface area contributed by atoms with Crippen molar-refractivity contribution in [2.75, 3.05) is 13.1 Å². The molecule has 2 N–H and O–H groups in total. The van der Waals surface area contributed by atoms with Gasteiger partial charge < -0.3 is 10.6 Å². The number of carbonyl (C=O) groups excluding carboxylic acids is 1. The first-order valence-corrected chi connectivity index (χ1v) is 7.78. The second-order valence-corrected chi connectivity index (χ2v) is 6.01. The summed E-state index contributed by atoms with van der Waals surface area (Å²) in [6.45, 7) is 3.34. The van der Waals surface area contributed by atoms with Gasteiger partial charge in [-0.15, -0.1) is 5.10 Å². The number of nitrogens with zero attached hydrogens (tertiary/aromatic N) is 4. The minimum atomic E-state index is -0.326. The second-order valence-electron chi connectivity index (χ2n) is 6.01. The van der Waals surface area contributed by atoms with Crippen molar-refractivity contribution in [3.63, 3.8) is 0 Å². The predicted octanol–water partition coefficient (Wildman–Crippen LogP) is 1.61. The van der Waals surface area contributed by atoms with E-state index in [-0.39, 0.29) is 17.8 Å². The highest BCUT2D eigenvalue weighted by Crippen LogP contribution is 2.20. The number of benzene rings is 1. The minimum absolute atomic E-state index is 0.0699. The van der Waals surface area contributed by atoms with Crippen molar-refractivity contribution in [3.8, 4) is 5.69 Å². The first-order valence-electron chi connectivity index (χ1n) is 7.78. The molecule has 6 nitrogen and oxygen atoms in total. The molecule has 1 aliphatic rings. The van der Waals surface area contributed by atoms with E-state index in [2.05, 4.69) is 10.2 Å². The highest BCUT2D eigenvalue weighted by Gasteiger charge is 2.27. The van der Waals surface area contributed by atoms with Gasteiger partial charge in [-0.2, -0.15) is 9.90 Å². The lowest BCUT2D eigenvalue weighted by atomic mass is 9.92. The maximum atomic E-state index is 13.0. The summed E-state index contributed by atoms with van der Waals surface area (Å²) < 4.78 is 13.0. The molecule has 23 heavy (non-hydrogen) atoms. The van der Waals surface area contributed by atoms with Gasteiger partial charge in [-0.25, -0.2) is 4.39 Å². The number of aromatic nitrogens is 3. The number of rotatable bonds is 3. The third-order valence-electron chi connectivity index (χ3n) is 4.26. The average molecular weight is 317 g/mol. The van der Waals surface area contributed by atoms with Gasteiger partial charge in [0.25, 0.3) is 5.91 Å². The second kappa shape index (κ2) is 6.45. The molecule has 1 aliphatic heterocycles. The van der Waals surface area contributed by atoms with Crippen LogP contribution in [0.15, 0.2) is 30.5 Å². The van der Waals surface area contributed by atoms with Crippen molar-refractivity contribution < 1.29 is 9.18 Å². The lowest BCUT2D eigenvalue weighted by Crippen LogP contribution is -2.45. The van der Waals surface area contributed by atoms with Crippen molar-refractivity contribution in [2.45, 2.75) is 25.8 Å². The Bertz CT molecular complexity index is 682. The lowest BCUT2D eigenvalue weighted by molar-refractivity contribution is 0.0654. The largest absolute Gasteiger partial charge is 0.337 e. The van der Waals surface area contributed by atoms with Crippen molar-refractivity contribution >= 4 is 5.91 Å². The van der Waals surface area contributed by atoms with E-state index in [9.17, 15) is 9.18 Å². The maximum absolute atomic E-state index is 13.0. The van der Waals surface area contributed by atoms with Crippen LogP contribution in [0.1, 0.15) is 30.3 Å². The van der Waals surface area contributed by atoms with Gasteiger partial charge in [0.1, 0.15) is 5.82 Å². The summed E-state index contributed by atoms with van der Waals surface area (Å²) >= 11 is 0. The number of amides is 1. The number of halogens is 1. The van der Waals surface area contributed by atoms with E-state index in [1.165, 1.54) is 23.1 Å². The molecule has 0 aliphatic carbocycles. The van der Waals surface area contributed by atoms with Crippen molar-refractivity contribution in [2.24, 2.45) is 11.7 Å². The van der Waals surface area contributed by atoms with E-state index in [1.54, 1.807) is 17.0 Å². The molecule has 2 unspecified atom stereocenters. The zero-order valence-corrected chi connectivity index (χ0v) is 13.0. The van der Waals surface area contributed by atoms with E-state index >= 15 is 0 Å². The predicted molar refractivity (Wildman–Crippen MR) is 83.6 cm³/mol. The Labute approximate surface area is 134 Å². The molecule has 0 radical (unpaired) electrons. The third-order valence-corrected chi connectivity index (χ3v) is 4.26. The van der Waals surface area contributed by atoms with Crippen LogP contribution in [0.2, 0.25) is 0 Å². The van der Waals surface area contributed by atoms with Gasteiger partial charge in [0.2, 0.25) is 0 Å². The number of hydrogen-bond acceptors (Lipinski definition) is 4. The molecule has 1 aromatic carbocycles. The van der Waals surface area contributed by atoms with E-state index in [0.717, 1.165) is 12.8 Å². The number of hydrogen-bond donors (Lipinski definition) is 1. The summed E-state index contributed by atoms with van der Waals surface area (Å²) in [4.78, 5) is 15.7. The van der Waals surface area contributed by atoms with Gasteiger partial charge in [0.05, 0.1) is 11.9 Å². The summed E-state index contributed by atoms with van der Waals surface area (Å²) in [5, 5.41) is 8.31. The standard InChI is InChI=1S/C16H20FN5O/c1-11(18)12-3-2-8-21(10-12)16(23)15-9-19-22(20-15)14-6-4-13(17)5-7-14/h4-7,9,11-12H,2-3,8,10,18H2,1H3. The molecule has 122 valence electrons. The molecule has 1 aromatic heterocycles. The molecule has 2 heterocycles. The summed E-state index contributed by atoms with van der Waals surface area (Å²) in [6.07, 6.45) is 3.44.